The third kappa shape index (κ3) is 6.16. The molecule has 4 aromatic rings. The Hall–Kier alpha value is -4.27. The van der Waals surface area contributed by atoms with E-state index in [1.54, 1.807) is 18.3 Å². The molecule has 0 bridgehead atoms. The number of pyridine rings is 2. The number of amides is 1. The third-order valence-electron chi connectivity index (χ3n) is 6.46. The topological polar surface area (TPSA) is 119 Å². The number of hydrogen-bond donors (Lipinski definition) is 2. The maximum absolute atomic E-state index is 12.4. The van der Waals surface area contributed by atoms with Crippen LogP contribution in [0.1, 0.15) is 48.8 Å². The lowest BCUT2D eigenvalue weighted by atomic mass is 10.1. The smallest absolute Gasteiger partial charge is 0.244 e. The predicted molar refractivity (Wildman–Crippen MR) is 152 cm³/mol. The number of aryl methyl sites for hydroxylation is 2. The second-order valence-electron chi connectivity index (χ2n) is 9.49. The molecule has 0 saturated heterocycles. The second kappa shape index (κ2) is 12.3. The Morgan fingerprint density at radius 3 is 2.55 bits per heavy atom. The van der Waals surface area contributed by atoms with Gasteiger partial charge in [0.2, 0.25) is 5.91 Å². The van der Waals surface area contributed by atoms with Crippen LogP contribution in [0.2, 0.25) is 0 Å². The molecule has 4 rings (SSSR count). The summed E-state index contributed by atoms with van der Waals surface area (Å²) in [6.07, 6.45) is 8.93. The van der Waals surface area contributed by atoms with E-state index < -0.39 is 0 Å². The Labute approximate surface area is 222 Å². The van der Waals surface area contributed by atoms with Crippen LogP contribution in [0.3, 0.4) is 0 Å². The molecule has 0 saturated carbocycles. The van der Waals surface area contributed by atoms with Crippen molar-refractivity contribution in [3.8, 4) is 0 Å². The molecular formula is C29H35N7O2. The lowest BCUT2D eigenvalue weighted by molar-refractivity contribution is -0.116. The van der Waals surface area contributed by atoms with E-state index in [0.29, 0.717) is 23.4 Å². The van der Waals surface area contributed by atoms with Crippen LogP contribution < -0.4 is 16.0 Å². The van der Waals surface area contributed by atoms with E-state index in [1.165, 1.54) is 12.2 Å². The number of carbonyl (C=O) groups excluding carboxylic acids is 2. The highest BCUT2D eigenvalue weighted by Gasteiger charge is 2.17. The van der Waals surface area contributed by atoms with E-state index >= 15 is 0 Å². The lowest BCUT2D eigenvalue weighted by Crippen LogP contribution is -2.22. The highest BCUT2D eigenvalue weighted by atomic mass is 16.1. The number of nitrogens with one attached hydrogen (secondary N) is 1. The van der Waals surface area contributed by atoms with Crippen LogP contribution in [-0.2, 0) is 17.8 Å². The van der Waals surface area contributed by atoms with Gasteiger partial charge in [-0.3, -0.25) is 14.6 Å². The van der Waals surface area contributed by atoms with E-state index in [9.17, 15) is 9.59 Å². The molecule has 3 aromatic heterocycles. The Morgan fingerprint density at radius 1 is 1.03 bits per heavy atom. The summed E-state index contributed by atoms with van der Waals surface area (Å²) in [7, 11) is 3.88. The van der Waals surface area contributed by atoms with Gasteiger partial charge in [0.1, 0.15) is 22.4 Å². The van der Waals surface area contributed by atoms with Gasteiger partial charge in [-0.2, -0.15) is 0 Å². The van der Waals surface area contributed by atoms with E-state index in [2.05, 4.69) is 26.8 Å². The van der Waals surface area contributed by atoms with Crippen LogP contribution in [0, 0.1) is 0 Å². The van der Waals surface area contributed by atoms with Crippen LogP contribution in [0.4, 0.5) is 11.5 Å². The molecule has 9 nitrogen and oxygen atoms in total. The number of aromatic nitrogens is 4. The largest absolute Gasteiger partial charge is 0.382 e. The number of benzene rings is 1. The highest BCUT2D eigenvalue weighted by Crippen LogP contribution is 2.28. The number of unbranched alkanes of at least 4 members (excludes halogenated alkanes) is 2. The van der Waals surface area contributed by atoms with Gasteiger partial charge in [0.15, 0.2) is 11.6 Å². The quantitative estimate of drug-likeness (QED) is 0.165. The van der Waals surface area contributed by atoms with Crippen molar-refractivity contribution in [2.24, 2.45) is 0 Å². The molecule has 0 radical (unpaired) electrons. The molecule has 0 aliphatic rings. The molecule has 1 aromatic carbocycles. The Bertz CT molecular complexity index is 1460. The van der Waals surface area contributed by atoms with Gasteiger partial charge >= 0.3 is 0 Å². The second-order valence-corrected chi connectivity index (χ2v) is 9.49. The molecule has 198 valence electrons. The first-order valence-corrected chi connectivity index (χ1v) is 13.1. The van der Waals surface area contributed by atoms with E-state index in [0.717, 1.165) is 66.7 Å². The van der Waals surface area contributed by atoms with Gasteiger partial charge in [0.05, 0.1) is 5.52 Å². The van der Waals surface area contributed by atoms with Gasteiger partial charge in [-0.1, -0.05) is 13.3 Å². The van der Waals surface area contributed by atoms with Gasteiger partial charge in [0.25, 0.3) is 0 Å². The summed E-state index contributed by atoms with van der Waals surface area (Å²) >= 11 is 0. The standard InChI is InChI=1S/C29H35N7O2/c1-4-5-10-24-34-27-28(26-22(33-29(27)30)9-8-18-32-26)36(24)19-7-6-17-31-25(38)16-15-23(37)20-11-13-21(14-12-20)35(2)3/h8-9,11-16,18H,4-7,10,17,19H2,1-3H3,(H2,30,33)(H,31,38)/b16-15+. The molecule has 3 N–H and O–H groups in total. The number of carbonyl (C=O) groups is 2. The van der Waals surface area contributed by atoms with Gasteiger partial charge in [-0.05, 0) is 61.7 Å². The molecule has 38 heavy (non-hydrogen) atoms. The van der Waals surface area contributed by atoms with Crippen molar-refractivity contribution >= 4 is 45.3 Å². The predicted octanol–water partition coefficient (Wildman–Crippen LogP) is 4.31. The maximum atomic E-state index is 12.4. The Balaban J connectivity index is 1.35. The van der Waals surface area contributed by atoms with E-state index in [4.69, 9.17) is 10.7 Å². The number of nitrogen functional groups attached to an aromatic ring is 1. The number of fused-ring (bicyclic) bond motifs is 3. The average Bonchev–Trinajstić information content (AvgIpc) is 3.29. The van der Waals surface area contributed by atoms with Gasteiger partial charge in [-0.25, -0.2) is 9.97 Å². The fourth-order valence-electron chi connectivity index (χ4n) is 4.37. The number of allylic oxidation sites excluding steroid dienone is 1. The van der Waals surface area contributed by atoms with Crippen molar-refractivity contribution in [1.82, 2.24) is 24.8 Å². The third-order valence-corrected chi connectivity index (χ3v) is 6.46. The van der Waals surface area contributed by atoms with Gasteiger partial charge in [0, 0.05) is 57.1 Å². The molecule has 1 amide bonds. The summed E-state index contributed by atoms with van der Waals surface area (Å²) in [4.78, 5) is 40.5. The maximum Gasteiger partial charge on any atom is 0.244 e. The number of ketones is 1. The summed E-state index contributed by atoms with van der Waals surface area (Å²) in [6, 6.07) is 11.0. The number of anilines is 2. The van der Waals surface area contributed by atoms with Crippen molar-refractivity contribution in [2.75, 3.05) is 31.3 Å². The number of hydrogen-bond acceptors (Lipinski definition) is 7. The molecular weight excluding hydrogens is 478 g/mol. The van der Waals surface area contributed by atoms with Crippen molar-refractivity contribution in [2.45, 2.75) is 45.6 Å². The molecule has 0 unspecified atom stereocenters. The first-order valence-electron chi connectivity index (χ1n) is 13.1. The zero-order chi connectivity index (χ0) is 27.1. The molecule has 9 heteroatoms. The van der Waals surface area contributed by atoms with Crippen molar-refractivity contribution < 1.29 is 9.59 Å². The molecule has 0 spiro atoms. The minimum atomic E-state index is -0.283. The molecule has 0 fully saturated rings. The summed E-state index contributed by atoms with van der Waals surface area (Å²) in [5.41, 5.74) is 11.0. The lowest BCUT2D eigenvalue weighted by Gasteiger charge is -2.11. The van der Waals surface area contributed by atoms with Crippen molar-refractivity contribution in [1.29, 1.82) is 0 Å². The van der Waals surface area contributed by atoms with Crippen molar-refractivity contribution in [3.05, 3.63) is 66.1 Å². The summed E-state index contributed by atoms with van der Waals surface area (Å²) < 4.78 is 2.21. The fourth-order valence-corrected chi connectivity index (χ4v) is 4.37. The zero-order valence-corrected chi connectivity index (χ0v) is 22.3. The first-order chi connectivity index (χ1) is 18.4. The average molecular weight is 514 g/mol. The fraction of sp³-hybridized carbons (Fsp3) is 0.345. The number of imidazole rings is 1. The van der Waals surface area contributed by atoms with E-state index in [-0.39, 0.29) is 11.7 Å². The summed E-state index contributed by atoms with van der Waals surface area (Å²) in [5, 5.41) is 2.87. The monoisotopic (exact) mass is 513 g/mol. The van der Waals surface area contributed by atoms with Crippen molar-refractivity contribution in [3.63, 3.8) is 0 Å². The Morgan fingerprint density at radius 2 is 1.82 bits per heavy atom. The minimum Gasteiger partial charge on any atom is -0.382 e. The molecule has 0 atom stereocenters. The SMILES string of the molecule is CCCCc1nc2c(N)nc3cccnc3c2n1CCCCNC(=O)/C=C/C(=O)c1ccc(N(C)C)cc1. The van der Waals surface area contributed by atoms with Crippen LogP contribution >= 0.6 is 0 Å². The van der Waals surface area contributed by atoms with Crippen LogP contribution in [0.5, 0.6) is 0 Å². The van der Waals surface area contributed by atoms with Gasteiger partial charge in [-0.15, -0.1) is 0 Å². The first kappa shape index (κ1) is 26.8. The summed E-state index contributed by atoms with van der Waals surface area (Å²) in [5.74, 6) is 0.914. The molecule has 3 heterocycles. The molecule has 0 aliphatic heterocycles. The Kier molecular flexibility index (Phi) is 8.68. The highest BCUT2D eigenvalue weighted by molar-refractivity contribution is 6.07. The normalized spacial score (nSPS) is 11.4. The van der Waals surface area contributed by atoms with Crippen LogP contribution in [-0.4, -0.2) is 51.8 Å². The zero-order valence-electron chi connectivity index (χ0n) is 22.3. The number of nitrogens with zero attached hydrogens (tertiary/aromatic N) is 5. The number of rotatable bonds is 12. The van der Waals surface area contributed by atoms with Crippen LogP contribution in [0.25, 0.3) is 22.1 Å². The molecule has 0 aliphatic carbocycles. The number of nitrogens with two attached hydrogens (primary N) is 1. The minimum absolute atomic E-state index is 0.202. The van der Waals surface area contributed by atoms with Crippen LogP contribution in [0.15, 0.2) is 54.7 Å². The van der Waals surface area contributed by atoms with E-state index in [1.807, 2.05) is 43.3 Å². The summed E-state index contributed by atoms with van der Waals surface area (Å²) in [6.45, 7) is 3.40. The van der Waals surface area contributed by atoms with Gasteiger partial charge < -0.3 is 20.5 Å².